The second-order valence-electron chi connectivity index (χ2n) is 5.79. The zero-order valence-corrected chi connectivity index (χ0v) is 12.6. The predicted molar refractivity (Wildman–Crippen MR) is 78.0 cm³/mol. The number of ether oxygens (including phenoxy) is 1. The van der Waals surface area contributed by atoms with Gasteiger partial charge in [0.25, 0.3) is 0 Å². The van der Waals surface area contributed by atoms with Gasteiger partial charge in [-0.15, -0.1) is 0 Å². The molecule has 1 fully saturated rings. The van der Waals surface area contributed by atoms with E-state index in [0.717, 1.165) is 44.8 Å². The van der Waals surface area contributed by atoms with E-state index in [4.69, 9.17) is 4.74 Å². The lowest BCUT2D eigenvalue weighted by Gasteiger charge is -2.35. The predicted octanol–water partition coefficient (Wildman–Crippen LogP) is 2.51. The van der Waals surface area contributed by atoms with Crippen LogP contribution < -0.4 is 5.32 Å². The van der Waals surface area contributed by atoms with Crippen molar-refractivity contribution in [3.05, 3.63) is 0 Å². The van der Waals surface area contributed by atoms with Crippen LogP contribution in [0.15, 0.2) is 0 Å². The summed E-state index contributed by atoms with van der Waals surface area (Å²) in [6, 6.07) is 0.729. The van der Waals surface area contributed by atoms with Crippen molar-refractivity contribution in [2.45, 2.75) is 52.5 Å². The van der Waals surface area contributed by atoms with Gasteiger partial charge in [-0.1, -0.05) is 27.2 Å². The van der Waals surface area contributed by atoms with Gasteiger partial charge in [-0.05, 0) is 38.3 Å². The van der Waals surface area contributed by atoms with Crippen molar-refractivity contribution < 1.29 is 4.74 Å². The molecule has 0 spiro atoms. The Balaban J connectivity index is 2.12. The zero-order chi connectivity index (χ0) is 13.2. The molecule has 1 atom stereocenters. The van der Waals surface area contributed by atoms with Gasteiger partial charge in [0.2, 0.25) is 0 Å². The highest BCUT2D eigenvalue weighted by Crippen LogP contribution is 2.16. The number of hydrogen-bond acceptors (Lipinski definition) is 3. The van der Waals surface area contributed by atoms with E-state index in [1.54, 1.807) is 0 Å². The van der Waals surface area contributed by atoms with Crippen molar-refractivity contribution >= 4 is 0 Å². The summed E-state index contributed by atoms with van der Waals surface area (Å²) in [7, 11) is 0. The molecule has 1 saturated heterocycles. The number of nitrogens with zero attached hydrogens (tertiary/aromatic N) is 1. The summed E-state index contributed by atoms with van der Waals surface area (Å²) < 4.78 is 5.74. The smallest absolute Gasteiger partial charge is 0.0593 e. The monoisotopic (exact) mass is 256 g/mol. The van der Waals surface area contributed by atoms with Crippen molar-refractivity contribution in [1.82, 2.24) is 10.2 Å². The molecule has 1 aliphatic rings. The number of rotatable bonds is 9. The summed E-state index contributed by atoms with van der Waals surface area (Å²) >= 11 is 0. The van der Waals surface area contributed by atoms with Gasteiger partial charge in [-0.3, -0.25) is 4.90 Å². The fourth-order valence-electron chi connectivity index (χ4n) is 2.50. The number of likely N-dealkylation sites (N-methyl/N-ethyl adjacent to an activating group) is 1. The lowest BCUT2D eigenvalue weighted by molar-refractivity contribution is 0.0672. The van der Waals surface area contributed by atoms with Crippen molar-refractivity contribution in [3.8, 4) is 0 Å². The van der Waals surface area contributed by atoms with Gasteiger partial charge in [0.05, 0.1) is 6.61 Å². The Morgan fingerprint density at radius 3 is 2.83 bits per heavy atom. The third kappa shape index (κ3) is 6.72. The average molecular weight is 256 g/mol. The SMILES string of the molecule is CCNCC1CCCCN1CCOCCC(C)C. The topological polar surface area (TPSA) is 24.5 Å². The van der Waals surface area contributed by atoms with E-state index in [1.165, 1.54) is 32.2 Å². The van der Waals surface area contributed by atoms with Crippen molar-refractivity contribution in [1.29, 1.82) is 0 Å². The molecule has 108 valence electrons. The first-order chi connectivity index (χ1) is 8.74. The maximum atomic E-state index is 5.74. The van der Waals surface area contributed by atoms with Crippen LogP contribution in [0.4, 0.5) is 0 Å². The van der Waals surface area contributed by atoms with E-state index in [9.17, 15) is 0 Å². The van der Waals surface area contributed by atoms with Gasteiger partial charge in [0, 0.05) is 25.7 Å². The summed E-state index contributed by atoms with van der Waals surface area (Å²) in [5.41, 5.74) is 0. The van der Waals surface area contributed by atoms with Crippen LogP contribution in [0.5, 0.6) is 0 Å². The normalized spacial score (nSPS) is 21.7. The summed E-state index contributed by atoms with van der Waals surface area (Å²) in [5, 5.41) is 3.48. The molecular weight excluding hydrogens is 224 g/mol. The minimum Gasteiger partial charge on any atom is -0.380 e. The molecular formula is C15H32N2O. The fraction of sp³-hybridized carbons (Fsp3) is 1.00. The Kier molecular flexibility index (Phi) is 8.64. The first kappa shape index (κ1) is 15.9. The Bertz CT molecular complexity index is 197. The van der Waals surface area contributed by atoms with E-state index in [-0.39, 0.29) is 0 Å². The van der Waals surface area contributed by atoms with Crippen molar-refractivity contribution in [2.24, 2.45) is 5.92 Å². The summed E-state index contributed by atoms with van der Waals surface area (Å²) in [6.45, 7) is 13.1. The molecule has 3 heteroatoms. The van der Waals surface area contributed by atoms with Crippen molar-refractivity contribution in [3.63, 3.8) is 0 Å². The molecule has 0 bridgehead atoms. The quantitative estimate of drug-likeness (QED) is 0.642. The van der Waals surface area contributed by atoms with Crippen LogP contribution in [0.3, 0.4) is 0 Å². The molecule has 1 heterocycles. The molecule has 0 aromatic carbocycles. The first-order valence-electron chi connectivity index (χ1n) is 7.76. The van der Waals surface area contributed by atoms with Gasteiger partial charge >= 0.3 is 0 Å². The van der Waals surface area contributed by atoms with E-state index >= 15 is 0 Å². The zero-order valence-electron chi connectivity index (χ0n) is 12.6. The Morgan fingerprint density at radius 1 is 1.28 bits per heavy atom. The van der Waals surface area contributed by atoms with Crippen LogP contribution in [-0.2, 0) is 4.74 Å². The molecule has 0 saturated carbocycles. The maximum absolute atomic E-state index is 5.74. The molecule has 1 aliphatic heterocycles. The minimum absolute atomic E-state index is 0.729. The van der Waals surface area contributed by atoms with Gasteiger partial charge < -0.3 is 10.1 Å². The molecule has 1 rings (SSSR count). The highest BCUT2D eigenvalue weighted by Gasteiger charge is 2.21. The first-order valence-corrected chi connectivity index (χ1v) is 7.76. The third-order valence-corrected chi connectivity index (χ3v) is 3.74. The highest BCUT2D eigenvalue weighted by molar-refractivity contribution is 4.78. The number of piperidine rings is 1. The molecule has 3 nitrogen and oxygen atoms in total. The van der Waals surface area contributed by atoms with Gasteiger partial charge in [0.15, 0.2) is 0 Å². The second-order valence-corrected chi connectivity index (χ2v) is 5.79. The standard InChI is InChI=1S/C15H32N2O/c1-4-16-13-15-7-5-6-9-17(15)10-12-18-11-8-14(2)3/h14-16H,4-13H2,1-3H3. The molecule has 1 unspecified atom stereocenters. The number of hydrogen-bond donors (Lipinski definition) is 1. The minimum atomic E-state index is 0.729. The summed E-state index contributed by atoms with van der Waals surface area (Å²) in [6.07, 6.45) is 5.27. The van der Waals surface area contributed by atoms with Crippen LogP contribution in [0, 0.1) is 5.92 Å². The molecule has 0 aromatic rings. The molecule has 18 heavy (non-hydrogen) atoms. The maximum Gasteiger partial charge on any atom is 0.0593 e. The molecule has 0 radical (unpaired) electrons. The summed E-state index contributed by atoms with van der Waals surface area (Å²) in [4.78, 5) is 2.61. The van der Waals surface area contributed by atoms with Crippen LogP contribution >= 0.6 is 0 Å². The Labute approximate surface area is 113 Å². The van der Waals surface area contributed by atoms with Crippen molar-refractivity contribution in [2.75, 3.05) is 39.4 Å². The van der Waals surface area contributed by atoms with Gasteiger partial charge in [-0.2, -0.15) is 0 Å². The number of nitrogens with one attached hydrogen (secondary N) is 1. The lowest BCUT2D eigenvalue weighted by Crippen LogP contribution is -2.46. The molecule has 0 amide bonds. The molecule has 1 N–H and O–H groups in total. The average Bonchev–Trinajstić information content (AvgIpc) is 2.36. The van der Waals surface area contributed by atoms with Gasteiger partial charge in [0.1, 0.15) is 0 Å². The third-order valence-electron chi connectivity index (χ3n) is 3.74. The fourth-order valence-corrected chi connectivity index (χ4v) is 2.50. The largest absolute Gasteiger partial charge is 0.380 e. The number of likely N-dealkylation sites (tertiary alicyclic amines) is 1. The van der Waals surface area contributed by atoms with Crippen LogP contribution in [-0.4, -0.2) is 50.3 Å². The van der Waals surface area contributed by atoms with Crippen LogP contribution in [0.25, 0.3) is 0 Å². The van der Waals surface area contributed by atoms with E-state index in [0.29, 0.717) is 0 Å². The summed E-state index contributed by atoms with van der Waals surface area (Å²) in [5.74, 6) is 0.751. The highest BCUT2D eigenvalue weighted by atomic mass is 16.5. The lowest BCUT2D eigenvalue weighted by atomic mass is 10.0. The van der Waals surface area contributed by atoms with Crippen LogP contribution in [0.2, 0.25) is 0 Å². The van der Waals surface area contributed by atoms with E-state index < -0.39 is 0 Å². The van der Waals surface area contributed by atoms with Crippen LogP contribution in [0.1, 0.15) is 46.5 Å². The van der Waals surface area contributed by atoms with E-state index in [2.05, 4.69) is 31.0 Å². The second kappa shape index (κ2) is 9.76. The van der Waals surface area contributed by atoms with Gasteiger partial charge in [-0.25, -0.2) is 0 Å². The Hall–Kier alpha value is -0.120. The van der Waals surface area contributed by atoms with E-state index in [1.807, 2.05) is 0 Å². The molecule has 0 aliphatic carbocycles. The molecule has 0 aromatic heterocycles. The Morgan fingerprint density at radius 2 is 2.11 bits per heavy atom.